The Morgan fingerprint density at radius 1 is 1.75 bits per heavy atom. The van der Waals surface area contributed by atoms with Crippen molar-refractivity contribution in [3.05, 3.63) is 11.9 Å². The van der Waals surface area contributed by atoms with E-state index < -0.39 is 12.1 Å². The van der Waals surface area contributed by atoms with Crippen LogP contribution in [0.15, 0.2) is 6.20 Å². The Morgan fingerprint density at radius 2 is 2.42 bits per heavy atom. The summed E-state index contributed by atoms with van der Waals surface area (Å²) in [5, 5.41) is 3.51. The van der Waals surface area contributed by atoms with Gasteiger partial charge in [0.05, 0.1) is 6.20 Å². The molecule has 0 N–H and O–H groups in total. The molecular weight excluding hydrogens is 170 g/mol. The Bertz CT molecular complexity index is 285. The molecule has 0 aliphatic rings. The van der Waals surface area contributed by atoms with E-state index in [9.17, 15) is 13.6 Å². The van der Waals surface area contributed by atoms with Crippen LogP contribution in [0.2, 0.25) is 0 Å². The molecule has 0 spiro atoms. The van der Waals surface area contributed by atoms with E-state index in [1.807, 2.05) is 0 Å². The standard InChI is InChI=1S/C6H6F2N2O2/c1-10-5(6(7)8)4(2-9-10)12-3-11/h2-3,6H,1H3. The van der Waals surface area contributed by atoms with E-state index in [-0.39, 0.29) is 12.2 Å². The van der Waals surface area contributed by atoms with Gasteiger partial charge in [0, 0.05) is 7.05 Å². The summed E-state index contributed by atoms with van der Waals surface area (Å²) in [4.78, 5) is 9.85. The summed E-state index contributed by atoms with van der Waals surface area (Å²) >= 11 is 0. The molecular formula is C6H6F2N2O2. The maximum Gasteiger partial charge on any atom is 0.298 e. The number of ether oxygens (including phenoxy) is 1. The average Bonchev–Trinajstić information content (AvgIpc) is 2.32. The minimum atomic E-state index is -2.70. The van der Waals surface area contributed by atoms with Crippen LogP contribution in [0.4, 0.5) is 8.78 Å². The highest BCUT2D eigenvalue weighted by Gasteiger charge is 2.19. The fourth-order valence-corrected chi connectivity index (χ4v) is 0.818. The molecule has 12 heavy (non-hydrogen) atoms. The highest BCUT2D eigenvalue weighted by molar-refractivity contribution is 5.46. The zero-order chi connectivity index (χ0) is 9.14. The molecule has 0 amide bonds. The summed E-state index contributed by atoms with van der Waals surface area (Å²) in [5.41, 5.74) is -0.401. The third-order valence-corrected chi connectivity index (χ3v) is 1.33. The lowest BCUT2D eigenvalue weighted by Gasteiger charge is -2.01. The van der Waals surface area contributed by atoms with Crippen LogP contribution in [-0.2, 0) is 11.8 Å². The quantitative estimate of drug-likeness (QED) is 0.642. The van der Waals surface area contributed by atoms with Gasteiger partial charge in [-0.3, -0.25) is 9.48 Å². The molecule has 0 radical (unpaired) electrons. The Kier molecular flexibility index (Phi) is 2.37. The highest BCUT2D eigenvalue weighted by atomic mass is 19.3. The van der Waals surface area contributed by atoms with Crippen LogP contribution in [0.25, 0.3) is 0 Å². The molecule has 0 aliphatic carbocycles. The van der Waals surface area contributed by atoms with Crippen LogP contribution in [0.5, 0.6) is 5.75 Å². The zero-order valence-electron chi connectivity index (χ0n) is 6.20. The van der Waals surface area contributed by atoms with E-state index in [2.05, 4.69) is 9.84 Å². The molecule has 0 aromatic carbocycles. The van der Waals surface area contributed by atoms with Gasteiger partial charge in [0.25, 0.3) is 12.9 Å². The number of hydrogen-bond acceptors (Lipinski definition) is 3. The van der Waals surface area contributed by atoms with Gasteiger partial charge in [-0.05, 0) is 0 Å². The van der Waals surface area contributed by atoms with Gasteiger partial charge in [-0.2, -0.15) is 5.10 Å². The molecule has 1 aromatic rings. The number of carbonyl (C=O) groups is 1. The lowest BCUT2D eigenvalue weighted by molar-refractivity contribution is -0.120. The van der Waals surface area contributed by atoms with Crippen molar-refractivity contribution in [3.8, 4) is 5.75 Å². The number of carbonyl (C=O) groups excluding carboxylic acids is 1. The first kappa shape index (κ1) is 8.63. The number of halogens is 2. The van der Waals surface area contributed by atoms with Crippen molar-refractivity contribution in [1.82, 2.24) is 9.78 Å². The van der Waals surface area contributed by atoms with E-state index in [1.54, 1.807) is 0 Å². The van der Waals surface area contributed by atoms with Crippen molar-refractivity contribution in [2.45, 2.75) is 6.43 Å². The van der Waals surface area contributed by atoms with Crippen molar-refractivity contribution >= 4 is 6.47 Å². The molecule has 0 unspecified atom stereocenters. The predicted octanol–water partition coefficient (Wildman–Crippen LogP) is 0.893. The number of aromatic nitrogens is 2. The topological polar surface area (TPSA) is 44.1 Å². The van der Waals surface area contributed by atoms with E-state index in [0.29, 0.717) is 0 Å². The Hall–Kier alpha value is -1.46. The molecule has 1 heterocycles. The third-order valence-electron chi connectivity index (χ3n) is 1.33. The summed E-state index contributed by atoms with van der Waals surface area (Å²) in [6.07, 6.45) is -1.64. The Morgan fingerprint density at radius 3 is 2.92 bits per heavy atom. The molecule has 66 valence electrons. The molecule has 0 aliphatic heterocycles. The maximum atomic E-state index is 12.2. The van der Waals surface area contributed by atoms with Gasteiger partial charge in [-0.25, -0.2) is 8.78 Å². The van der Waals surface area contributed by atoms with Crippen molar-refractivity contribution < 1.29 is 18.3 Å². The van der Waals surface area contributed by atoms with Gasteiger partial charge >= 0.3 is 0 Å². The van der Waals surface area contributed by atoms with E-state index in [1.165, 1.54) is 7.05 Å². The van der Waals surface area contributed by atoms with Gasteiger partial charge < -0.3 is 4.74 Å². The molecule has 0 saturated carbocycles. The average molecular weight is 176 g/mol. The summed E-state index contributed by atoms with van der Waals surface area (Å²) in [5.74, 6) is -0.206. The van der Waals surface area contributed by atoms with Gasteiger partial charge in [0.1, 0.15) is 5.69 Å². The van der Waals surface area contributed by atoms with Gasteiger partial charge in [0.2, 0.25) is 0 Å². The molecule has 0 fully saturated rings. The number of aryl methyl sites for hydroxylation is 1. The van der Waals surface area contributed by atoms with Crippen LogP contribution in [0.3, 0.4) is 0 Å². The second kappa shape index (κ2) is 3.29. The van der Waals surface area contributed by atoms with Gasteiger partial charge in [-0.15, -0.1) is 0 Å². The second-order valence-corrected chi connectivity index (χ2v) is 2.03. The lowest BCUT2D eigenvalue weighted by atomic mass is 10.4. The highest BCUT2D eigenvalue weighted by Crippen LogP contribution is 2.27. The molecule has 4 nitrogen and oxygen atoms in total. The predicted molar refractivity (Wildman–Crippen MR) is 34.9 cm³/mol. The zero-order valence-corrected chi connectivity index (χ0v) is 6.20. The summed E-state index contributed by atoms with van der Waals surface area (Å²) in [6.45, 7) is 0.0862. The minimum Gasteiger partial charge on any atom is -0.425 e. The first-order chi connectivity index (χ1) is 5.66. The summed E-state index contributed by atoms with van der Waals surface area (Å²) < 4.78 is 29.6. The number of hydrogen-bond donors (Lipinski definition) is 0. The smallest absolute Gasteiger partial charge is 0.298 e. The van der Waals surface area contributed by atoms with Crippen LogP contribution < -0.4 is 4.74 Å². The van der Waals surface area contributed by atoms with E-state index in [0.717, 1.165) is 10.9 Å². The number of rotatable bonds is 3. The fourth-order valence-electron chi connectivity index (χ4n) is 0.818. The first-order valence-electron chi connectivity index (χ1n) is 3.07. The first-order valence-corrected chi connectivity index (χ1v) is 3.07. The van der Waals surface area contributed by atoms with Gasteiger partial charge in [-0.1, -0.05) is 0 Å². The summed E-state index contributed by atoms with van der Waals surface area (Å²) in [6, 6.07) is 0. The second-order valence-electron chi connectivity index (χ2n) is 2.03. The van der Waals surface area contributed by atoms with Crippen LogP contribution in [0, 0.1) is 0 Å². The molecule has 1 aromatic heterocycles. The maximum absolute atomic E-state index is 12.2. The number of alkyl halides is 2. The van der Waals surface area contributed by atoms with Crippen molar-refractivity contribution in [2.75, 3.05) is 0 Å². The third kappa shape index (κ3) is 1.41. The van der Waals surface area contributed by atoms with Crippen LogP contribution >= 0.6 is 0 Å². The molecule has 0 saturated heterocycles. The SMILES string of the molecule is Cn1ncc(OC=O)c1C(F)F. The van der Waals surface area contributed by atoms with Crippen LogP contribution in [0.1, 0.15) is 12.1 Å². The Labute approximate surface area is 66.7 Å². The van der Waals surface area contributed by atoms with Crippen molar-refractivity contribution in [2.24, 2.45) is 7.05 Å². The molecule has 6 heteroatoms. The van der Waals surface area contributed by atoms with Gasteiger partial charge in [0.15, 0.2) is 5.75 Å². The summed E-state index contributed by atoms with van der Waals surface area (Å²) in [7, 11) is 1.35. The Balaban J connectivity index is 3.03. The van der Waals surface area contributed by atoms with Crippen LogP contribution in [-0.4, -0.2) is 16.3 Å². The van der Waals surface area contributed by atoms with E-state index in [4.69, 9.17) is 0 Å². The largest absolute Gasteiger partial charge is 0.425 e. The van der Waals surface area contributed by atoms with Crippen molar-refractivity contribution in [3.63, 3.8) is 0 Å². The monoisotopic (exact) mass is 176 g/mol. The van der Waals surface area contributed by atoms with Crippen molar-refractivity contribution in [1.29, 1.82) is 0 Å². The lowest BCUT2D eigenvalue weighted by Crippen LogP contribution is -2.00. The van der Waals surface area contributed by atoms with E-state index >= 15 is 0 Å². The number of nitrogens with zero attached hydrogens (tertiary/aromatic N) is 2. The minimum absolute atomic E-state index is 0.0862. The molecule has 0 bridgehead atoms. The normalized spacial score (nSPS) is 10.3. The molecule has 1 rings (SSSR count). The fraction of sp³-hybridized carbons (Fsp3) is 0.333. The molecule has 0 atom stereocenters.